The molecule has 8 heteroatoms. The Hall–Kier alpha value is -3.03. The first kappa shape index (κ1) is 28.5. The molecule has 0 saturated heterocycles. The Morgan fingerprint density at radius 3 is 2.62 bits per heavy atom. The average Bonchev–Trinajstić information content (AvgIpc) is 2.85. The normalized spacial score (nSPS) is 15.6. The lowest BCUT2D eigenvalue weighted by molar-refractivity contribution is -0.137. The van der Waals surface area contributed by atoms with Crippen molar-refractivity contribution >= 4 is 17.6 Å². The van der Waals surface area contributed by atoms with E-state index in [1.165, 1.54) is 11.6 Å². The van der Waals surface area contributed by atoms with E-state index in [0.29, 0.717) is 49.4 Å². The van der Waals surface area contributed by atoms with Crippen LogP contribution in [-0.2, 0) is 22.3 Å². The number of alkyl halides is 3. The van der Waals surface area contributed by atoms with E-state index in [2.05, 4.69) is 24.0 Å². The lowest BCUT2D eigenvalue weighted by Gasteiger charge is -2.28. The third kappa shape index (κ3) is 8.79. The zero-order chi connectivity index (χ0) is 26.8. The number of hydrogen-bond donors (Lipinski definition) is 1. The smallest absolute Gasteiger partial charge is 0.417 e. The van der Waals surface area contributed by atoms with Gasteiger partial charge in [0, 0.05) is 32.1 Å². The summed E-state index contributed by atoms with van der Waals surface area (Å²) in [4.78, 5) is 13.0. The van der Waals surface area contributed by atoms with E-state index < -0.39 is 17.7 Å². The van der Waals surface area contributed by atoms with E-state index in [9.17, 15) is 18.0 Å². The van der Waals surface area contributed by atoms with E-state index in [4.69, 9.17) is 21.4 Å². The molecule has 1 aliphatic rings. The number of rotatable bonds is 12. The Bertz CT molecular complexity index is 1140. The fourth-order valence-electron chi connectivity index (χ4n) is 4.35. The molecule has 1 N–H and O–H groups in total. The number of halogens is 4. The third-order valence-corrected chi connectivity index (χ3v) is 6.65. The van der Waals surface area contributed by atoms with Gasteiger partial charge in [0.05, 0.1) is 17.2 Å². The molecule has 0 radical (unpaired) electrons. The Labute approximate surface area is 220 Å². The minimum absolute atomic E-state index is 0.210. The van der Waals surface area contributed by atoms with Crippen molar-refractivity contribution in [1.82, 2.24) is 4.90 Å². The summed E-state index contributed by atoms with van der Waals surface area (Å²) in [5.41, 5.74) is 1.44. The predicted octanol–water partition coefficient (Wildman–Crippen LogP) is 7.62. The summed E-state index contributed by atoms with van der Waals surface area (Å²) >= 11 is 6.21. The molecule has 0 aromatic heterocycles. The van der Waals surface area contributed by atoms with E-state index in [1.807, 2.05) is 24.3 Å². The Balaban J connectivity index is 1.69. The van der Waals surface area contributed by atoms with Gasteiger partial charge in [-0.15, -0.1) is 0 Å². The Morgan fingerprint density at radius 2 is 1.95 bits per heavy atom. The highest BCUT2D eigenvalue weighted by Crippen LogP contribution is 2.36. The first-order valence-electron chi connectivity index (χ1n) is 12.2. The third-order valence-electron chi connectivity index (χ3n) is 6.21. The van der Waals surface area contributed by atoms with Crippen LogP contribution < -0.4 is 0 Å². The molecule has 0 heterocycles. The molecule has 0 amide bonds. The van der Waals surface area contributed by atoms with Gasteiger partial charge >= 0.3 is 12.1 Å². The second-order valence-corrected chi connectivity index (χ2v) is 9.33. The number of ether oxygens (including phenoxy) is 1. The number of carboxylic acids is 1. The van der Waals surface area contributed by atoms with E-state index in [0.717, 1.165) is 18.6 Å². The monoisotopic (exact) mass is 533 g/mol. The molecule has 3 rings (SSSR count). The summed E-state index contributed by atoms with van der Waals surface area (Å²) < 4.78 is 46.1. The fraction of sp³-hybridized carbons (Fsp3) is 0.345. The topological polar surface area (TPSA) is 49.8 Å². The zero-order valence-corrected chi connectivity index (χ0v) is 21.4. The van der Waals surface area contributed by atoms with Crippen LogP contribution in [0.25, 0.3) is 0 Å². The Morgan fingerprint density at radius 1 is 1.19 bits per heavy atom. The molecule has 2 aromatic rings. The van der Waals surface area contributed by atoms with Crippen LogP contribution in [-0.4, -0.2) is 35.7 Å². The van der Waals surface area contributed by atoms with Crippen LogP contribution in [0.5, 0.6) is 0 Å². The van der Waals surface area contributed by atoms with Crippen molar-refractivity contribution in [3.63, 3.8) is 0 Å². The van der Waals surface area contributed by atoms with Crippen molar-refractivity contribution in [1.29, 1.82) is 0 Å². The molecule has 1 unspecified atom stereocenters. The highest BCUT2D eigenvalue weighted by atomic mass is 35.5. The van der Waals surface area contributed by atoms with Crippen LogP contribution in [0.4, 0.5) is 13.2 Å². The zero-order valence-electron chi connectivity index (χ0n) is 20.7. The van der Waals surface area contributed by atoms with Crippen LogP contribution in [0.15, 0.2) is 84.2 Å². The van der Waals surface area contributed by atoms with Gasteiger partial charge in [0.15, 0.2) is 0 Å². The van der Waals surface area contributed by atoms with Crippen LogP contribution >= 0.6 is 11.6 Å². The number of benzene rings is 2. The van der Waals surface area contributed by atoms with Gasteiger partial charge in [-0.2, -0.15) is 13.2 Å². The maximum Gasteiger partial charge on any atom is 0.417 e. The van der Waals surface area contributed by atoms with Gasteiger partial charge in [-0.05, 0) is 47.6 Å². The summed E-state index contributed by atoms with van der Waals surface area (Å²) in [5.74, 6) is -0.117. The van der Waals surface area contributed by atoms with Gasteiger partial charge in [0.25, 0.3) is 0 Å². The lowest BCUT2D eigenvalue weighted by atomic mass is 9.95. The maximum absolute atomic E-state index is 13.4. The predicted molar refractivity (Wildman–Crippen MR) is 139 cm³/mol. The number of carboxylic acid groups (broad SMARTS) is 1. The molecule has 2 aromatic carbocycles. The SMILES string of the molecule is CCC(CN(CCCOC1=CC=CC(=CC(=O)O)C1)Cc1cccc(C(F)(F)F)c1Cl)c1ccccc1. The summed E-state index contributed by atoms with van der Waals surface area (Å²) in [6.07, 6.45) is 3.85. The number of allylic oxidation sites excluding steroid dienone is 4. The molecular weight excluding hydrogens is 503 g/mol. The molecule has 37 heavy (non-hydrogen) atoms. The number of hydrogen-bond acceptors (Lipinski definition) is 3. The van der Waals surface area contributed by atoms with Gasteiger partial charge in [-0.1, -0.05) is 73.1 Å². The standard InChI is InChI=1S/C29H31ClF3NO3/c1-2-22(23-10-4-3-5-11-23)19-34(20-24-12-7-14-26(28(24)30)29(31,32)33)15-8-16-37-25-13-6-9-21(17-25)18-27(35)36/h3-7,9-14,18,22H,2,8,15-17,19-20H2,1H3,(H,35,36). The maximum atomic E-state index is 13.4. The largest absolute Gasteiger partial charge is 0.498 e. The molecule has 0 spiro atoms. The lowest BCUT2D eigenvalue weighted by Crippen LogP contribution is -2.30. The molecule has 1 aliphatic carbocycles. The number of nitrogens with zero attached hydrogens (tertiary/aromatic N) is 1. The van der Waals surface area contributed by atoms with Crippen LogP contribution in [0.2, 0.25) is 5.02 Å². The fourth-order valence-corrected chi connectivity index (χ4v) is 4.64. The molecule has 4 nitrogen and oxygen atoms in total. The number of aliphatic carboxylic acids is 1. The molecular formula is C29H31ClF3NO3. The van der Waals surface area contributed by atoms with Crippen molar-refractivity contribution in [3.05, 3.63) is 106 Å². The molecule has 0 fully saturated rings. The first-order chi connectivity index (χ1) is 17.7. The average molecular weight is 534 g/mol. The van der Waals surface area contributed by atoms with E-state index in [-0.39, 0.29) is 17.5 Å². The molecule has 1 atom stereocenters. The summed E-state index contributed by atoms with van der Waals surface area (Å²) in [7, 11) is 0. The Kier molecular flexibility index (Phi) is 10.4. The summed E-state index contributed by atoms with van der Waals surface area (Å²) in [5, 5.41) is 8.69. The molecule has 0 saturated carbocycles. The second-order valence-electron chi connectivity index (χ2n) is 8.96. The van der Waals surface area contributed by atoms with Crippen LogP contribution in [0.1, 0.15) is 48.8 Å². The van der Waals surface area contributed by atoms with Crippen molar-refractivity contribution in [2.75, 3.05) is 19.7 Å². The minimum Gasteiger partial charge on any atom is -0.498 e. The van der Waals surface area contributed by atoms with Crippen LogP contribution in [0, 0.1) is 0 Å². The van der Waals surface area contributed by atoms with Crippen molar-refractivity contribution in [3.8, 4) is 0 Å². The first-order valence-corrected chi connectivity index (χ1v) is 12.6. The van der Waals surface area contributed by atoms with Gasteiger partial charge in [-0.25, -0.2) is 4.79 Å². The van der Waals surface area contributed by atoms with Crippen molar-refractivity contribution in [2.24, 2.45) is 0 Å². The van der Waals surface area contributed by atoms with Crippen LogP contribution in [0.3, 0.4) is 0 Å². The minimum atomic E-state index is -4.52. The molecule has 0 aliphatic heterocycles. The second kappa shape index (κ2) is 13.5. The highest BCUT2D eigenvalue weighted by Gasteiger charge is 2.34. The molecule has 0 bridgehead atoms. The van der Waals surface area contributed by atoms with Crippen molar-refractivity contribution in [2.45, 2.75) is 44.8 Å². The summed E-state index contributed by atoms with van der Waals surface area (Å²) in [6, 6.07) is 14.1. The van der Waals surface area contributed by atoms with E-state index >= 15 is 0 Å². The number of carbonyl (C=O) groups is 1. The van der Waals surface area contributed by atoms with Gasteiger partial charge < -0.3 is 9.84 Å². The quantitative estimate of drug-likeness (QED) is 0.225. The van der Waals surface area contributed by atoms with E-state index in [1.54, 1.807) is 18.2 Å². The molecule has 198 valence electrons. The van der Waals surface area contributed by atoms with Gasteiger partial charge in [-0.3, -0.25) is 4.90 Å². The summed E-state index contributed by atoms with van der Waals surface area (Å²) in [6.45, 7) is 4.03. The highest BCUT2D eigenvalue weighted by molar-refractivity contribution is 6.32. The van der Waals surface area contributed by atoms with Gasteiger partial charge in [0.2, 0.25) is 0 Å². The van der Waals surface area contributed by atoms with Gasteiger partial charge in [0.1, 0.15) is 5.76 Å². The van der Waals surface area contributed by atoms with Crippen molar-refractivity contribution < 1.29 is 27.8 Å².